The van der Waals surface area contributed by atoms with E-state index in [-0.39, 0.29) is 6.61 Å². The molecule has 0 spiro atoms. The molecule has 0 aromatic heterocycles. The molecule has 19 heavy (non-hydrogen) atoms. The molecule has 1 aliphatic carbocycles. The molecule has 1 saturated carbocycles. The molecule has 1 aliphatic rings. The van der Waals surface area contributed by atoms with Crippen molar-refractivity contribution in [1.82, 2.24) is 0 Å². The highest BCUT2D eigenvalue weighted by Gasteiger charge is 2.25. The lowest BCUT2D eigenvalue weighted by Crippen LogP contribution is -2.30. The van der Waals surface area contributed by atoms with Crippen LogP contribution in [0, 0.1) is 17.8 Å². The Morgan fingerprint density at radius 3 is 2.84 bits per heavy atom. The molecular formula is C17H22O2. The summed E-state index contributed by atoms with van der Waals surface area (Å²) in [7, 11) is 0. The van der Waals surface area contributed by atoms with Crippen LogP contribution in [0.15, 0.2) is 24.3 Å². The van der Waals surface area contributed by atoms with Crippen molar-refractivity contribution in [2.24, 2.45) is 5.92 Å². The molecule has 2 atom stereocenters. The van der Waals surface area contributed by atoms with Gasteiger partial charge in [-0.2, -0.15) is 0 Å². The van der Waals surface area contributed by atoms with E-state index in [1.54, 1.807) is 0 Å². The van der Waals surface area contributed by atoms with Gasteiger partial charge in [0.15, 0.2) is 0 Å². The normalized spacial score (nSPS) is 22.4. The van der Waals surface area contributed by atoms with Gasteiger partial charge >= 0.3 is 0 Å². The molecule has 0 heterocycles. The number of aliphatic hydroxyl groups is 1. The van der Waals surface area contributed by atoms with Gasteiger partial charge in [-0.15, -0.1) is 0 Å². The summed E-state index contributed by atoms with van der Waals surface area (Å²) in [6, 6.07) is 7.85. The zero-order valence-electron chi connectivity index (χ0n) is 11.6. The lowest BCUT2D eigenvalue weighted by atomic mass is 9.84. The molecule has 0 amide bonds. The molecule has 1 aromatic rings. The molecule has 0 bridgehead atoms. The largest absolute Gasteiger partial charge is 0.489 e. The number of ether oxygens (including phenoxy) is 1. The Kier molecular flexibility index (Phi) is 5.30. The van der Waals surface area contributed by atoms with E-state index in [9.17, 15) is 0 Å². The molecule has 0 radical (unpaired) electrons. The second-order valence-electron chi connectivity index (χ2n) is 5.07. The number of hydrogen-bond donors (Lipinski definition) is 1. The number of aliphatic hydroxyl groups excluding tert-OH is 1. The fourth-order valence-electron chi connectivity index (χ4n) is 2.77. The molecule has 2 nitrogen and oxygen atoms in total. The van der Waals surface area contributed by atoms with Gasteiger partial charge in [-0.25, -0.2) is 0 Å². The van der Waals surface area contributed by atoms with Gasteiger partial charge in [-0.1, -0.05) is 37.3 Å². The Balaban J connectivity index is 2.13. The van der Waals surface area contributed by atoms with Crippen molar-refractivity contribution >= 4 is 0 Å². The standard InChI is InChI=1S/C17H22O2/c1-2-14-8-3-5-11-16(14)19-17-12-6-4-9-15(17)10-7-13-18/h4,6,9,12,14,16,18H,2-3,5,8,11,13H2,1H3. The van der Waals surface area contributed by atoms with Crippen molar-refractivity contribution < 1.29 is 9.84 Å². The van der Waals surface area contributed by atoms with Crippen LogP contribution in [0.5, 0.6) is 5.75 Å². The van der Waals surface area contributed by atoms with Gasteiger partial charge in [0.25, 0.3) is 0 Å². The predicted octanol–water partition coefficient (Wildman–Crippen LogP) is 3.38. The van der Waals surface area contributed by atoms with Gasteiger partial charge in [0.2, 0.25) is 0 Å². The second kappa shape index (κ2) is 7.21. The number of para-hydroxylation sites is 1. The van der Waals surface area contributed by atoms with Crippen LogP contribution in [0.1, 0.15) is 44.6 Å². The van der Waals surface area contributed by atoms with E-state index in [4.69, 9.17) is 9.84 Å². The fraction of sp³-hybridized carbons (Fsp3) is 0.529. The zero-order valence-corrected chi connectivity index (χ0v) is 11.6. The maximum absolute atomic E-state index is 8.81. The van der Waals surface area contributed by atoms with Crippen molar-refractivity contribution in [2.75, 3.05) is 6.61 Å². The van der Waals surface area contributed by atoms with E-state index >= 15 is 0 Å². The maximum atomic E-state index is 8.81. The lowest BCUT2D eigenvalue weighted by molar-refractivity contribution is 0.0901. The molecule has 1 aromatic carbocycles. The molecule has 2 unspecified atom stereocenters. The average Bonchev–Trinajstić information content (AvgIpc) is 2.47. The Morgan fingerprint density at radius 2 is 2.05 bits per heavy atom. The van der Waals surface area contributed by atoms with Crippen molar-refractivity contribution in [3.05, 3.63) is 29.8 Å². The Hall–Kier alpha value is -1.46. The quantitative estimate of drug-likeness (QED) is 0.842. The van der Waals surface area contributed by atoms with Crippen LogP contribution >= 0.6 is 0 Å². The van der Waals surface area contributed by atoms with E-state index in [1.165, 1.54) is 25.7 Å². The maximum Gasteiger partial charge on any atom is 0.135 e. The summed E-state index contributed by atoms with van der Waals surface area (Å²) in [5.74, 6) is 7.17. The summed E-state index contributed by atoms with van der Waals surface area (Å²) >= 11 is 0. The van der Waals surface area contributed by atoms with Crippen LogP contribution in [0.2, 0.25) is 0 Å². The third-order valence-corrected chi connectivity index (χ3v) is 3.83. The summed E-state index contributed by atoms with van der Waals surface area (Å²) in [6.07, 6.45) is 6.48. The molecule has 1 fully saturated rings. The number of benzene rings is 1. The van der Waals surface area contributed by atoms with Crippen LogP contribution < -0.4 is 4.74 Å². The monoisotopic (exact) mass is 258 g/mol. The van der Waals surface area contributed by atoms with E-state index < -0.39 is 0 Å². The first-order valence-electron chi connectivity index (χ1n) is 7.20. The van der Waals surface area contributed by atoms with Crippen molar-refractivity contribution in [3.63, 3.8) is 0 Å². The highest BCUT2D eigenvalue weighted by Crippen LogP contribution is 2.31. The third kappa shape index (κ3) is 3.75. The molecule has 0 aliphatic heterocycles. The summed E-state index contributed by atoms with van der Waals surface area (Å²) in [5.41, 5.74) is 0.872. The van der Waals surface area contributed by atoms with Crippen LogP contribution in [0.25, 0.3) is 0 Å². The summed E-state index contributed by atoms with van der Waals surface area (Å²) in [6.45, 7) is 2.12. The molecule has 2 heteroatoms. The minimum Gasteiger partial charge on any atom is -0.489 e. The average molecular weight is 258 g/mol. The smallest absolute Gasteiger partial charge is 0.135 e. The van der Waals surface area contributed by atoms with E-state index in [0.717, 1.165) is 17.7 Å². The van der Waals surface area contributed by atoms with Gasteiger partial charge in [0, 0.05) is 0 Å². The van der Waals surface area contributed by atoms with Crippen molar-refractivity contribution in [2.45, 2.75) is 45.1 Å². The van der Waals surface area contributed by atoms with Crippen LogP contribution in [-0.2, 0) is 0 Å². The van der Waals surface area contributed by atoms with Crippen LogP contribution in [0.3, 0.4) is 0 Å². The molecule has 102 valence electrons. The van der Waals surface area contributed by atoms with E-state index in [1.807, 2.05) is 24.3 Å². The van der Waals surface area contributed by atoms with E-state index in [2.05, 4.69) is 18.8 Å². The number of rotatable bonds is 3. The van der Waals surface area contributed by atoms with Crippen molar-refractivity contribution in [1.29, 1.82) is 0 Å². The predicted molar refractivity (Wildman–Crippen MR) is 77.1 cm³/mol. The van der Waals surface area contributed by atoms with Gasteiger partial charge in [0.1, 0.15) is 18.5 Å². The minimum atomic E-state index is -0.116. The van der Waals surface area contributed by atoms with Crippen LogP contribution in [-0.4, -0.2) is 17.8 Å². The van der Waals surface area contributed by atoms with E-state index in [0.29, 0.717) is 12.0 Å². The topological polar surface area (TPSA) is 29.5 Å². The first-order valence-corrected chi connectivity index (χ1v) is 7.20. The minimum absolute atomic E-state index is 0.116. The highest BCUT2D eigenvalue weighted by molar-refractivity contribution is 5.46. The lowest BCUT2D eigenvalue weighted by Gasteiger charge is -2.31. The third-order valence-electron chi connectivity index (χ3n) is 3.83. The summed E-state index contributed by atoms with van der Waals surface area (Å²) in [4.78, 5) is 0. The first-order chi connectivity index (χ1) is 9.35. The number of hydrogen-bond acceptors (Lipinski definition) is 2. The molecule has 0 saturated heterocycles. The molecular weight excluding hydrogens is 236 g/mol. The Labute approximate surface area is 115 Å². The van der Waals surface area contributed by atoms with Gasteiger partial charge < -0.3 is 9.84 Å². The van der Waals surface area contributed by atoms with Gasteiger partial charge in [0.05, 0.1) is 5.56 Å². The Bertz CT molecular complexity index is 456. The molecule has 2 rings (SSSR count). The van der Waals surface area contributed by atoms with Gasteiger partial charge in [-0.3, -0.25) is 0 Å². The molecule has 1 N–H and O–H groups in total. The first kappa shape index (κ1) is 14.0. The Morgan fingerprint density at radius 1 is 1.26 bits per heavy atom. The SMILES string of the molecule is CCC1CCCCC1Oc1ccccc1C#CCO. The van der Waals surface area contributed by atoms with Crippen LogP contribution in [0.4, 0.5) is 0 Å². The second-order valence-corrected chi connectivity index (χ2v) is 5.07. The fourth-order valence-corrected chi connectivity index (χ4v) is 2.77. The van der Waals surface area contributed by atoms with Gasteiger partial charge in [-0.05, 0) is 43.7 Å². The summed E-state index contributed by atoms with van der Waals surface area (Å²) in [5, 5.41) is 8.81. The highest BCUT2D eigenvalue weighted by atomic mass is 16.5. The zero-order chi connectivity index (χ0) is 13.5. The summed E-state index contributed by atoms with van der Waals surface area (Å²) < 4.78 is 6.20. The van der Waals surface area contributed by atoms with Crippen molar-refractivity contribution in [3.8, 4) is 17.6 Å².